The maximum absolute atomic E-state index is 12.5. The van der Waals surface area contributed by atoms with Gasteiger partial charge in [-0.1, -0.05) is 11.6 Å². The van der Waals surface area contributed by atoms with Crippen LogP contribution in [0.3, 0.4) is 0 Å². The van der Waals surface area contributed by atoms with Crippen molar-refractivity contribution in [2.24, 2.45) is 4.99 Å². The molecule has 2 aliphatic heterocycles. The lowest BCUT2D eigenvalue weighted by atomic mass is 10.1. The summed E-state index contributed by atoms with van der Waals surface area (Å²) >= 11 is 6.44. The van der Waals surface area contributed by atoms with Crippen LogP contribution in [0.15, 0.2) is 58.8 Å². The molecule has 2 aliphatic rings. The second kappa shape index (κ2) is 9.88. The standard InChI is InChI=1S/C24H22ClN3O6/c1-14-10-21-27-24(29)18(23(26)28(21)34-14)11-15-12-19(25)22(20(13-15)31-3)33-9-8-32-17-6-4-16(30-2)5-7-17/h4-7,10-13,26H,8-9H2,1-3H3/b18-11-,26-23?. The molecule has 0 unspecified atom stereocenters. The van der Waals surface area contributed by atoms with Crippen molar-refractivity contribution in [2.75, 3.05) is 27.4 Å². The van der Waals surface area contributed by atoms with Crippen molar-refractivity contribution in [2.45, 2.75) is 6.92 Å². The molecule has 2 aromatic carbocycles. The average molecular weight is 484 g/mol. The number of halogens is 1. The largest absolute Gasteiger partial charge is 0.497 e. The molecule has 1 N–H and O–H groups in total. The predicted molar refractivity (Wildman–Crippen MR) is 127 cm³/mol. The molecule has 2 aromatic rings. The van der Waals surface area contributed by atoms with Gasteiger partial charge in [-0.25, -0.2) is 0 Å². The first-order valence-electron chi connectivity index (χ1n) is 10.3. The Bertz CT molecular complexity index is 1220. The molecular formula is C24H22ClN3O6. The molecule has 0 fully saturated rings. The number of allylic oxidation sites excluding steroid dienone is 1. The summed E-state index contributed by atoms with van der Waals surface area (Å²) in [6.45, 7) is 2.22. The van der Waals surface area contributed by atoms with Crippen LogP contribution >= 0.6 is 11.6 Å². The Hall–Kier alpha value is -3.98. The first kappa shape index (κ1) is 23.2. The molecule has 34 heavy (non-hydrogen) atoms. The van der Waals surface area contributed by atoms with Crippen LogP contribution < -0.4 is 18.9 Å². The molecule has 2 heterocycles. The van der Waals surface area contributed by atoms with Crippen LogP contribution in [0.5, 0.6) is 23.0 Å². The lowest BCUT2D eigenvalue weighted by molar-refractivity contribution is -0.114. The maximum Gasteiger partial charge on any atom is 0.282 e. The number of hydrogen-bond acceptors (Lipinski definition) is 7. The van der Waals surface area contributed by atoms with Gasteiger partial charge in [-0.05, 0) is 55.0 Å². The molecule has 0 bridgehead atoms. The summed E-state index contributed by atoms with van der Waals surface area (Å²) in [4.78, 5) is 21.9. The van der Waals surface area contributed by atoms with Gasteiger partial charge in [0.05, 0.1) is 24.8 Å². The van der Waals surface area contributed by atoms with E-state index in [0.717, 1.165) is 5.75 Å². The summed E-state index contributed by atoms with van der Waals surface area (Å²) in [7, 11) is 3.09. The number of hydroxylamine groups is 2. The van der Waals surface area contributed by atoms with E-state index in [9.17, 15) is 4.79 Å². The van der Waals surface area contributed by atoms with Gasteiger partial charge in [0, 0.05) is 6.08 Å². The molecule has 0 saturated carbocycles. The third-order valence-corrected chi connectivity index (χ3v) is 5.18. The molecule has 10 heteroatoms. The monoisotopic (exact) mass is 483 g/mol. The van der Waals surface area contributed by atoms with Crippen LogP contribution in [0.4, 0.5) is 0 Å². The van der Waals surface area contributed by atoms with Crippen molar-refractivity contribution in [3.05, 3.63) is 64.4 Å². The normalized spacial score (nSPS) is 16.0. The lowest BCUT2D eigenvalue weighted by Gasteiger charge is -2.23. The molecular weight excluding hydrogens is 462 g/mol. The number of carbonyl (C=O) groups excluding carboxylic acids is 1. The van der Waals surface area contributed by atoms with Crippen LogP contribution in [-0.4, -0.2) is 50.1 Å². The fraction of sp³-hybridized carbons (Fsp3) is 0.208. The van der Waals surface area contributed by atoms with E-state index in [0.29, 0.717) is 28.6 Å². The second-order valence-electron chi connectivity index (χ2n) is 7.23. The molecule has 0 radical (unpaired) electrons. The van der Waals surface area contributed by atoms with Gasteiger partial charge in [0.1, 0.15) is 30.5 Å². The maximum atomic E-state index is 12.5. The SMILES string of the molecule is COc1ccc(OCCOc2c(Cl)cc(/C=C3/C(=N)N4OC(C)=CC4=NC3=O)cc2OC)cc1. The van der Waals surface area contributed by atoms with Gasteiger partial charge in [-0.2, -0.15) is 4.99 Å². The molecule has 176 valence electrons. The highest BCUT2D eigenvalue weighted by Gasteiger charge is 2.34. The zero-order valence-corrected chi connectivity index (χ0v) is 19.5. The molecule has 1 amide bonds. The molecule has 0 atom stereocenters. The zero-order chi connectivity index (χ0) is 24.2. The van der Waals surface area contributed by atoms with Crippen LogP contribution in [-0.2, 0) is 9.63 Å². The van der Waals surface area contributed by atoms with Gasteiger partial charge >= 0.3 is 0 Å². The van der Waals surface area contributed by atoms with Gasteiger partial charge in [0.15, 0.2) is 23.2 Å². The summed E-state index contributed by atoms with van der Waals surface area (Å²) in [5.41, 5.74) is 0.603. The van der Waals surface area contributed by atoms with Crippen LogP contribution in [0.25, 0.3) is 6.08 Å². The number of nitrogens with one attached hydrogen (secondary N) is 1. The Labute approximate surface area is 201 Å². The third kappa shape index (κ3) is 4.84. The lowest BCUT2D eigenvalue weighted by Crippen LogP contribution is -2.38. The molecule has 0 aromatic heterocycles. The van der Waals surface area contributed by atoms with Crippen LogP contribution in [0.2, 0.25) is 5.02 Å². The highest BCUT2D eigenvalue weighted by molar-refractivity contribution is 6.33. The minimum Gasteiger partial charge on any atom is -0.497 e. The predicted octanol–water partition coefficient (Wildman–Crippen LogP) is 4.27. The van der Waals surface area contributed by atoms with E-state index in [1.165, 1.54) is 18.2 Å². The Kier molecular flexibility index (Phi) is 6.74. The van der Waals surface area contributed by atoms with Crippen molar-refractivity contribution < 1.29 is 28.6 Å². The van der Waals surface area contributed by atoms with Crippen molar-refractivity contribution in [1.29, 1.82) is 5.41 Å². The third-order valence-electron chi connectivity index (χ3n) is 4.90. The Morgan fingerprint density at radius 3 is 2.50 bits per heavy atom. The highest BCUT2D eigenvalue weighted by atomic mass is 35.5. The van der Waals surface area contributed by atoms with E-state index in [2.05, 4.69) is 4.99 Å². The van der Waals surface area contributed by atoms with Gasteiger partial charge in [0.2, 0.25) is 0 Å². The average Bonchev–Trinajstić information content (AvgIpc) is 3.20. The summed E-state index contributed by atoms with van der Waals surface area (Å²) in [6, 6.07) is 10.5. The van der Waals surface area contributed by atoms with E-state index in [1.54, 1.807) is 56.5 Å². The number of aliphatic imine (C=N–C) groups is 1. The number of amidine groups is 2. The Morgan fingerprint density at radius 2 is 1.79 bits per heavy atom. The number of hydrogen-bond donors (Lipinski definition) is 1. The number of fused-ring (bicyclic) bond motifs is 1. The molecule has 0 aliphatic carbocycles. The summed E-state index contributed by atoms with van der Waals surface area (Å²) in [5.74, 6) is 2.30. The molecule has 9 nitrogen and oxygen atoms in total. The van der Waals surface area contributed by atoms with Crippen molar-refractivity contribution >= 4 is 35.3 Å². The van der Waals surface area contributed by atoms with E-state index < -0.39 is 5.91 Å². The number of benzene rings is 2. The van der Waals surface area contributed by atoms with E-state index >= 15 is 0 Å². The Morgan fingerprint density at radius 1 is 1.09 bits per heavy atom. The number of nitrogens with zero attached hydrogens (tertiary/aromatic N) is 2. The van der Waals surface area contributed by atoms with Crippen molar-refractivity contribution in [3.8, 4) is 23.0 Å². The number of rotatable bonds is 8. The minimum atomic E-state index is -0.545. The summed E-state index contributed by atoms with van der Waals surface area (Å²) in [6.07, 6.45) is 3.10. The van der Waals surface area contributed by atoms with Gasteiger partial charge in [-0.15, -0.1) is 5.06 Å². The number of amides is 1. The Balaban J connectivity index is 1.45. The minimum absolute atomic E-state index is 0.0616. The van der Waals surface area contributed by atoms with E-state index in [4.69, 9.17) is 40.8 Å². The topological polar surface area (TPSA) is 103 Å². The second-order valence-corrected chi connectivity index (χ2v) is 7.64. The first-order valence-corrected chi connectivity index (χ1v) is 10.6. The first-order chi connectivity index (χ1) is 16.4. The van der Waals surface area contributed by atoms with Gasteiger partial charge in [-0.3, -0.25) is 10.2 Å². The van der Waals surface area contributed by atoms with Crippen LogP contribution in [0, 0.1) is 5.41 Å². The van der Waals surface area contributed by atoms with Gasteiger partial charge < -0.3 is 23.8 Å². The van der Waals surface area contributed by atoms with Crippen molar-refractivity contribution in [3.63, 3.8) is 0 Å². The quantitative estimate of drug-likeness (QED) is 0.442. The van der Waals surface area contributed by atoms with Crippen LogP contribution in [0.1, 0.15) is 12.5 Å². The molecule has 0 spiro atoms. The van der Waals surface area contributed by atoms with E-state index in [-0.39, 0.29) is 35.5 Å². The zero-order valence-electron chi connectivity index (χ0n) is 18.8. The fourth-order valence-corrected chi connectivity index (χ4v) is 3.58. The van der Waals surface area contributed by atoms with Gasteiger partial charge in [0.25, 0.3) is 5.91 Å². The summed E-state index contributed by atoms with van der Waals surface area (Å²) < 4.78 is 22.0. The molecule has 0 saturated heterocycles. The highest BCUT2D eigenvalue weighted by Crippen LogP contribution is 2.37. The smallest absolute Gasteiger partial charge is 0.282 e. The number of carbonyl (C=O) groups is 1. The number of ether oxygens (including phenoxy) is 4. The van der Waals surface area contributed by atoms with E-state index in [1.807, 2.05) is 0 Å². The van der Waals surface area contributed by atoms with Crippen molar-refractivity contribution in [1.82, 2.24) is 5.06 Å². The molecule has 4 rings (SSSR count). The number of methoxy groups -OCH3 is 2. The summed E-state index contributed by atoms with van der Waals surface area (Å²) in [5, 5.41) is 9.81. The fourth-order valence-electron chi connectivity index (χ4n) is 3.31.